The zero-order valence-corrected chi connectivity index (χ0v) is 15.8. The monoisotopic (exact) mass is 367 g/mol. The van der Waals surface area contributed by atoms with E-state index in [-0.39, 0.29) is 18.6 Å². The Morgan fingerprint density at radius 3 is 2.46 bits per heavy atom. The summed E-state index contributed by atoms with van der Waals surface area (Å²) in [6.45, 7) is 4.15. The number of quaternary nitrogens is 1. The van der Waals surface area contributed by atoms with E-state index in [0.29, 0.717) is 0 Å². The molecule has 0 amide bonds. The summed E-state index contributed by atoms with van der Waals surface area (Å²) in [5.41, 5.74) is 5.43. The molecule has 3 aromatic rings. The molecule has 0 saturated carbocycles. The minimum absolute atomic E-state index is 0. The molecule has 2 atom stereocenters. The van der Waals surface area contributed by atoms with Crippen LogP contribution in [0.4, 0.5) is 11.4 Å². The lowest BCUT2D eigenvalue weighted by molar-refractivity contribution is -0.957. The highest BCUT2D eigenvalue weighted by molar-refractivity contribution is 5.92. The Morgan fingerprint density at radius 1 is 1.00 bits per heavy atom. The quantitative estimate of drug-likeness (QED) is 0.663. The number of halogens is 1. The highest BCUT2D eigenvalue weighted by atomic mass is 35.5. The predicted octanol–water partition coefficient (Wildman–Crippen LogP) is 0.871. The number of aryl methyl sites for hydroxylation is 1. The van der Waals surface area contributed by atoms with Crippen molar-refractivity contribution in [1.82, 2.24) is 9.99 Å². The van der Waals surface area contributed by atoms with Crippen LogP contribution in [0.25, 0.3) is 10.9 Å². The van der Waals surface area contributed by atoms with Gasteiger partial charge in [-0.15, -0.1) is 10.2 Å². The molecule has 0 fully saturated rings. The van der Waals surface area contributed by atoms with Gasteiger partial charge in [-0.1, -0.05) is 36.4 Å². The molecule has 2 N–H and O–H groups in total. The zero-order chi connectivity index (χ0) is 17.4. The molecular formula is C20H22ClN5. The molecule has 1 aromatic heterocycles. The number of hydrogen-bond donors (Lipinski definition) is 2. The SMILES string of the molecule is CC1=CC(N=Nc2c(C)[nH]c3ccccc23)[NH+](c2ccccc2)N1C.[Cl-]. The van der Waals surface area contributed by atoms with Crippen LogP contribution in [-0.2, 0) is 0 Å². The molecule has 2 heterocycles. The van der Waals surface area contributed by atoms with E-state index >= 15 is 0 Å². The van der Waals surface area contributed by atoms with E-state index in [4.69, 9.17) is 0 Å². The molecule has 5 nitrogen and oxygen atoms in total. The van der Waals surface area contributed by atoms with Gasteiger partial charge >= 0.3 is 0 Å². The molecule has 4 rings (SSSR count). The average molecular weight is 368 g/mol. The van der Waals surface area contributed by atoms with E-state index in [9.17, 15) is 0 Å². The van der Waals surface area contributed by atoms with Crippen molar-refractivity contribution in [2.75, 3.05) is 7.05 Å². The normalized spacial score (nSPS) is 19.8. The Bertz CT molecular complexity index is 961. The number of fused-ring (bicyclic) bond motifs is 1. The second-order valence-electron chi connectivity index (χ2n) is 6.42. The Labute approximate surface area is 159 Å². The van der Waals surface area contributed by atoms with Crippen LogP contribution in [0.3, 0.4) is 0 Å². The second-order valence-corrected chi connectivity index (χ2v) is 6.42. The van der Waals surface area contributed by atoms with E-state index < -0.39 is 0 Å². The Morgan fingerprint density at radius 2 is 1.69 bits per heavy atom. The molecular weight excluding hydrogens is 346 g/mol. The van der Waals surface area contributed by atoms with Gasteiger partial charge in [0.1, 0.15) is 5.69 Å². The number of H-pyrrole nitrogens is 1. The maximum atomic E-state index is 4.69. The van der Waals surface area contributed by atoms with Crippen LogP contribution in [0.5, 0.6) is 0 Å². The molecule has 6 heteroatoms. The number of aromatic amines is 1. The zero-order valence-electron chi connectivity index (χ0n) is 15.1. The lowest BCUT2D eigenvalue weighted by Gasteiger charge is -2.25. The first kappa shape index (κ1) is 18.2. The van der Waals surface area contributed by atoms with Crippen LogP contribution in [0.2, 0.25) is 0 Å². The third-order valence-corrected chi connectivity index (χ3v) is 4.78. The predicted molar refractivity (Wildman–Crippen MR) is 99.9 cm³/mol. The van der Waals surface area contributed by atoms with Gasteiger partial charge in [0.15, 0.2) is 5.69 Å². The van der Waals surface area contributed by atoms with Crippen molar-refractivity contribution in [3.8, 4) is 0 Å². The lowest BCUT2D eigenvalue weighted by atomic mass is 10.2. The average Bonchev–Trinajstić information content (AvgIpc) is 3.10. The van der Waals surface area contributed by atoms with Crippen molar-refractivity contribution in [2.45, 2.75) is 20.0 Å². The van der Waals surface area contributed by atoms with Crippen LogP contribution in [0.1, 0.15) is 12.6 Å². The summed E-state index contributed by atoms with van der Waals surface area (Å²) in [5.74, 6) is 0. The first-order valence-electron chi connectivity index (χ1n) is 8.47. The van der Waals surface area contributed by atoms with Gasteiger partial charge in [-0.25, -0.2) is 5.01 Å². The summed E-state index contributed by atoms with van der Waals surface area (Å²) in [6.07, 6.45) is 2.09. The summed E-state index contributed by atoms with van der Waals surface area (Å²) in [7, 11) is 2.08. The van der Waals surface area contributed by atoms with Crippen molar-refractivity contribution in [3.05, 3.63) is 72.1 Å². The van der Waals surface area contributed by atoms with Gasteiger partial charge in [-0.2, -0.15) is 5.01 Å². The third-order valence-electron chi connectivity index (χ3n) is 4.78. The molecule has 1 aliphatic heterocycles. The van der Waals surface area contributed by atoms with Crippen LogP contribution >= 0.6 is 0 Å². The molecule has 0 bridgehead atoms. The Balaban J connectivity index is 0.00000196. The van der Waals surface area contributed by atoms with E-state index in [0.717, 1.165) is 22.3 Å². The molecule has 0 saturated heterocycles. The summed E-state index contributed by atoms with van der Waals surface area (Å²) in [4.78, 5) is 3.38. The number of nitrogens with one attached hydrogen (secondary N) is 2. The molecule has 0 aliphatic carbocycles. The lowest BCUT2D eigenvalue weighted by Crippen LogP contribution is -3.14. The van der Waals surface area contributed by atoms with E-state index in [1.165, 1.54) is 16.4 Å². The number of benzene rings is 2. The Hall–Kier alpha value is -2.63. The molecule has 2 unspecified atom stereocenters. The number of hydrogen-bond acceptors (Lipinski definition) is 3. The van der Waals surface area contributed by atoms with Gasteiger partial charge in [-0.3, -0.25) is 0 Å². The van der Waals surface area contributed by atoms with Crippen molar-refractivity contribution in [1.29, 1.82) is 0 Å². The smallest absolute Gasteiger partial charge is 0.248 e. The number of para-hydroxylation sites is 2. The van der Waals surface area contributed by atoms with Gasteiger partial charge in [0.25, 0.3) is 0 Å². The topological polar surface area (TPSA) is 48.2 Å². The van der Waals surface area contributed by atoms with E-state index in [1.807, 2.05) is 25.1 Å². The maximum absolute atomic E-state index is 4.69. The second kappa shape index (κ2) is 7.32. The van der Waals surface area contributed by atoms with Crippen molar-refractivity contribution in [2.24, 2.45) is 10.2 Å². The van der Waals surface area contributed by atoms with Gasteiger partial charge in [0.2, 0.25) is 6.17 Å². The van der Waals surface area contributed by atoms with E-state index in [1.54, 1.807) is 0 Å². The Kier molecular flexibility index (Phi) is 5.11. The number of rotatable bonds is 3. The molecule has 1 aliphatic rings. The van der Waals surface area contributed by atoms with Crippen LogP contribution < -0.4 is 17.4 Å². The number of allylic oxidation sites excluding steroid dienone is 1. The highest BCUT2D eigenvalue weighted by Crippen LogP contribution is 2.30. The fourth-order valence-corrected chi connectivity index (χ4v) is 3.38. The minimum atomic E-state index is -0.0690. The molecule has 2 aromatic carbocycles. The fourth-order valence-electron chi connectivity index (χ4n) is 3.38. The third kappa shape index (κ3) is 3.11. The highest BCUT2D eigenvalue weighted by Gasteiger charge is 2.34. The first-order chi connectivity index (χ1) is 12.1. The van der Waals surface area contributed by atoms with Gasteiger partial charge in [-0.05, 0) is 19.9 Å². The molecule has 134 valence electrons. The largest absolute Gasteiger partial charge is 1.00 e. The number of azo groups is 1. The summed E-state index contributed by atoms with van der Waals surface area (Å²) < 4.78 is 0. The van der Waals surface area contributed by atoms with E-state index in [2.05, 4.69) is 76.7 Å². The van der Waals surface area contributed by atoms with Gasteiger partial charge in [0, 0.05) is 34.8 Å². The summed E-state index contributed by atoms with van der Waals surface area (Å²) in [5, 5.41) is 13.8. The molecule has 26 heavy (non-hydrogen) atoms. The molecule has 0 radical (unpaired) electrons. The standard InChI is InChI=1S/C20H21N5.ClH/c1-14-13-19(25(24(14)3)16-9-5-4-6-10-16)22-23-20-15(2)21-18-12-8-7-11-17(18)20;/h4-13,19,21H,1-3H3;1H. The number of aromatic nitrogens is 1. The van der Waals surface area contributed by atoms with Crippen molar-refractivity contribution in [3.63, 3.8) is 0 Å². The first-order valence-corrected chi connectivity index (χ1v) is 8.47. The maximum Gasteiger partial charge on any atom is 0.248 e. The molecule has 0 spiro atoms. The van der Waals surface area contributed by atoms with Crippen LogP contribution in [0.15, 0.2) is 76.6 Å². The number of nitrogens with zero attached hydrogens (tertiary/aromatic N) is 3. The van der Waals surface area contributed by atoms with Crippen LogP contribution in [0, 0.1) is 6.92 Å². The minimum Gasteiger partial charge on any atom is -1.00 e. The summed E-state index contributed by atoms with van der Waals surface area (Å²) in [6, 6.07) is 18.6. The van der Waals surface area contributed by atoms with Crippen molar-refractivity contribution < 1.29 is 17.4 Å². The fraction of sp³-hybridized carbons (Fsp3) is 0.200. The van der Waals surface area contributed by atoms with Gasteiger partial charge in [0.05, 0.1) is 12.7 Å². The van der Waals surface area contributed by atoms with Crippen molar-refractivity contribution >= 4 is 22.3 Å². The van der Waals surface area contributed by atoms with Crippen LogP contribution in [-0.4, -0.2) is 23.2 Å². The van der Waals surface area contributed by atoms with Gasteiger partial charge < -0.3 is 17.4 Å². The summed E-state index contributed by atoms with van der Waals surface area (Å²) >= 11 is 0.